The molecule has 2 aliphatic heterocycles. The second kappa shape index (κ2) is 9.33. The van der Waals surface area contributed by atoms with Crippen molar-refractivity contribution in [1.29, 1.82) is 0 Å². The Bertz CT molecular complexity index is 883. The second-order valence-corrected chi connectivity index (χ2v) is 8.56. The van der Waals surface area contributed by atoms with Crippen LogP contribution in [0.2, 0.25) is 0 Å². The lowest BCUT2D eigenvalue weighted by Crippen LogP contribution is -2.45. The minimum Gasteiger partial charge on any atom is -0.481 e. The van der Waals surface area contributed by atoms with Crippen molar-refractivity contribution >= 4 is 17.6 Å². The summed E-state index contributed by atoms with van der Waals surface area (Å²) in [6.45, 7) is 3.26. The number of amides is 1. The number of para-hydroxylation sites is 1. The largest absolute Gasteiger partial charge is 0.481 e. The highest BCUT2D eigenvalue weighted by atomic mass is 16.4. The van der Waals surface area contributed by atoms with Crippen molar-refractivity contribution < 1.29 is 14.7 Å². The van der Waals surface area contributed by atoms with Gasteiger partial charge in [-0.05, 0) is 48.3 Å². The van der Waals surface area contributed by atoms with Crippen molar-refractivity contribution in [2.24, 2.45) is 11.8 Å². The predicted molar refractivity (Wildman–Crippen MR) is 118 cm³/mol. The molecule has 1 amide bonds. The molecular weight excluding hydrogens is 376 g/mol. The third kappa shape index (κ3) is 4.84. The minimum absolute atomic E-state index is 0.140. The maximum Gasteiger partial charge on any atom is 0.303 e. The normalized spacial score (nSPS) is 20.8. The minimum atomic E-state index is -0.736. The van der Waals surface area contributed by atoms with Gasteiger partial charge in [0.1, 0.15) is 0 Å². The van der Waals surface area contributed by atoms with Gasteiger partial charge in [0, 0.05) is 38.3 Å². The smallest absolute Gasteiger partial charge is 0.303 e. The number of carboxylic acid groups (broad SMARTS) is 1. The van der Waals surface area contributed by atoms with E-state index in [4.69, 9.17) is 0 Å². The highest BCUT2D eigenvalue weighted by Gasteiger charge is 2.33. The van der Waals surface area contributed by atoms with Crippen LogP contribution in [0.25, 0.3) is 0 Å². The lowest BCUT2D eigenvalue weighted by molar-refractivity contribution is -0.139. The number of aliphatic carboxylic acids is 1. The van der Waals surface area contributed by atoms with E-state index in [9.17, 15) is 14.7 Å². The van der Waals surface area contributed by atoms with Crippen LogP contribution in [0.4, 0.5) is 5.69 Å². The van der Waals surface area contributed by atoms with E-state index in [0.29, 0.717) is 19.5 Å². The van der Waals surface area contributed by atoms with E-state index in [1.165, 1.54) is 11.3 Å². The summed E-state index contributed by atoms with van der Waals surface area (Å²) < 4.78 is 0. The van der Waals surface area contributed by atoms with E-state index in [1.54, 1.807) is 0 Å². The number of likely N-dealkylation sites (tertiary alicyclic amines) is 1. The molecule has 30 heavy (non-hydrogen) atoms. The number of rotatable bonds is 7. The molecule has 0 aliphatic carbocycles. The van der Waals surface area contributed by atoms with Gasteiger partial charge in [0.05, 0.1) is 6.42 Å². The van der Waals surface area contributed by atoms with Crippen LogP contribution in [0.1, 0.15) is 30.4 Å². The number of hydrogen-bond acceptors (Lipinski definition) is 3. The van der Waals surface area contributed by atoms with Crippen LogP contribution < -0.4 is 4.90 Å². The van der Waals surface area contributed by atoms with Crippen molar-refractivity contribution in [2.75, 3.05) is 31.1 Å². The number of carbonyl (C=O) groups excluding carboxylic acids is 1. The van der Waals surface area contributed by atoms with Gasteiger partial charge in [-0.25, -0.2) is 0 Å². The monoisotopic (exact) mass is 406 g/mol. The Balaban J connectivity index is 1.40. The van der Waals surface area contributed by atoms with Gasteiger partial charge in [-0.3, -0.25) is 9.59 Å². The molecule has 2 aromatic rings. The van der Waals surface area contributed by atoms with Crippen LogP contribution in [0, 0.1) is 11.8 Å². The molecule has 2 aromatic carbocycles. The molecule has 2 heterocycles. The predicted octanol–water partition coefficient (Wildman–Crippen LogP) is 3.62. The van der Waals surface area contributed by atoms with Crippen LogP contribution in [0.15, 0.2) is 54.6 Å². The molecule has 2 aliphatic rings. The van der Waals surface area contributed by atoms with Crippen molar-refractivity contribution in [3.8, 4) is 0 Å². The third-order valence-electron chi connectivity index (χ3n) is 6.63. The van der Waals surface area contributed by atoms with E-state index < -0.39 is 5.97 Å². The maximum absolute atomic E-state index is 12.9. The first-order valence-corrected chi connectivity index (χ1v) is 11.0. The third-order valence-corrected chi connectivity index (χ3v) is 6.63. The number of piperidine rings is 1. The van der Waals surface area contributed by atoms with Crippen LogP contribution >= 0.6 is 0 Å². The van der Waals surface area contributed by atoms with E-state index in [1.807, 2.05) is 35.2 Å². The van der Waals surface area contributed by atoms with Gasteiger partial charge in [-0.1, -0.05) is 48.5 Å². The molecule has 0 saturated carbocycles. The summed E-state index contributed by atoms with van der Waals surface area (Å²) in [5, 5.41) is 9.37. The first-order valence-electron chi connectivity index (χ1n) is 11.0. The molecule has 1 saturated heterocycles. The van der Waals surface area contributed by atoms with E-state index in [-0.39, 0.29) is 24.2 Å². The van der Waals surface area contributed by atoms with Crippen LogP contribution in [0.5, 0.6) is 0 Å². The molecule has 0 unspecified atom stereocenters. The summed E-state index contributed by atoms with van der Waals surface area (Å²) in [7, 11) is 0. The fourth-order valence-electron chi connectivity index (χ4n) is 4.97. The number of carboxylic acids is 1. The number of anilines is 1. The van der Waals surface area contributed by atoms with Crippen LogP contribution in [0.3, 0.4) is 0 Å². The molecule has 1 fully saturated rings. The summed E-state index contributed by atoms with van der Waals surface area (Å²) in [6, 6.07) is 18.4. The van der Waals surface area contributed by atoms with Gasteiger partial charge < -0.3 is 14.9 Å². The molecule has 0 aromatic heterocycles. The Hall–Kier alpha value is -2.82. The number of carbonyl (C=O) groups is 2. The van der Waals surface area contributed by atoms with E-state index >= 15 is 0 Å². The maximum atomic E-state index is 12.9. The fourth-order valence-corrected chi connectivity index (χ4v) is 4.97. The number of hydrogen-bond donors (Lipinski definition) is 1. The van der Waals surface area contributed by atoms with E-state index in [2.05, 4.69) is 29.2 Å². The van der Waals surface area contributed by atoms with Gasteiger partial charge in [-0.15, -0.1) is 0 Å². The van der Waals surface area contributed by atoms with Crippen molar-refractivity contribution in [2.45, 2.75) is 32.1 Å². The molecule has 0 bridgehead atoms. The molecule has 5 heteroatoms. The van der Waals surface area contributed by atoms with Crippen molar-refractivity contribution in [3.05, 3.63) is 65.7 Å². The molecule has 158 valence electrons. The van der Waals surface area contributed by atoms with Gasteiger partial charge >= 0.3 is 5.97 Å². The summed E-state index contributed by atoms with van der Waals surface area (Å²) in [4.78, 5) is 28.6. The zero-order valence-corrected chi connectivity index (χ0v) is 17.4. The van der Waals surface area contributed by atoms with Crippen LogP contribution in [-0.4, -0.2) is 48.1 Å². The zero-order valence-electron chi connectivity index (χ0n) is 17.4. The molecular formula is C25H30N2O3. The Morgan fingerprint density at radius 3 is 2.53 bits per heavy atom. The first kappa shape index (κ1) is 20.5. The molecule has 1 N–H and O–H groups in total. The average molecular weight is 407 g/mol. The van der Waals surface area contributed by atoms with Crippen molar-refractivity contribution in [1.82, 2.24) is 4.90 Å². The Morgan fingerprint density at radius 1 is 0.967 bits per heavy atom. The summed E-state index contributed by atoms with van der Waals surface area (Å²) in [5.41, 5.74) is 3.73. The molecule has 4 rings (SSSR count). The SMILES string of the molecule is O=C(O)C[C@@H]1CCN(C(=O)Cc2ccccc2)C[C@@H]1CCN1CCc2ccccc21. The lowest BCUT2D eigenvalue weighted by Gasteiger charge is -2.39. The standard InChI is InChI=1S/C25H30N2O3/c28-24(16-19-6-2-1-3-7-19)27-15-11-21(17-25(29)30)22(18-27)12-14-26-13-10-20-8-4-5-9-23(20)26/h1-9,21-22H,10-18H2,(H,29,30)/t21-,22-/m0/s1. The summed E-state index contributed by atoms with van der Waals surface area (Å²) in [5.74, 6) is -0.226. The number of nitrogens with zero attached hydrogens (tertiary/aromatic N) is 2. The molecule has 5 nitrogen and oxygen atoms in total. The van der Waals surface area contributed by atoms with E-state index in [0.717, 1.165) is 37.9 Å². The Morgan fingerprint density at radius 2 is 1.73 bits per heavy atom. The van der Waals surface area contributed by atoms with Crippen LogP contribution in [-0.2, 0) is 22.4 Å². The van der Waals surface area contributed by atoms with Gasteiger partial charge in [0.2, 0.25) is 5.91 Å². The van der Waals surface area contributed by atoms with Gasteiger partial charge in [-0.2, -0.15) is 0 Å². The fraction of sp³-hybridized carbons (Fsp3) is 0.440. The topological polar surface area (TPSA) is 60.9 Å². The molecule has 0 radical (unpaired) electrons. The summed E-state index contributed by atoms with van der Waals surface area (Å²) in [6.07, 6.45) is 3.37. The quantitative estimate of drug-likeness (QED) is 0.763. The van der Waals surface area contributed by atoms with Crippen molar-refractivity contribution in [3.63, 3.8) is 0 Å². The lowest BCUT2D eigenvalue weighted by atomic mass is 9.81. The number of benzene rings is 2. The first-order chi connectivity index (χ1) is 14.6. The number of fused-ring (bicyclic) bond motifs is 1. The average Bonchev–Trinajstić information content (AvgIpc) is 3.16. The Kier molecular flexibility index (Phi) is 6.36. The van der Waals surface area contributed by atoms with Gasteiger partial charge in [0.15, 0.2) is 0 Å². The second-order valence-electron chi connectivity index (χ2n) is 8.56. The zero-order chi connectivity index (χ0) is 20.9. The summed E-state index contributed by atoms with van der Waals surface area (Å²) >= 11 is 0. The molecule has 2 atom stereocenters. The highest BCUT2D eigenvalue weighted by molar-refractivity contribution is 5.79. The van der Waals surface area contributed by atoms with Gasteiger partial charge in [0.25, 0.3) is 0 Å². The highest BCUT2D eigenvalue weighted by Crippen LogP contribution is 2.32. The molecule has 0 spiro atoms. The Labute approximate surface area is 178 Å².